The summed E-state index contributed by atoms with van der Waals surface area (Å²) >= 11 is 7.53. The van der Waals surface area contributed by atoms with Crippen molar-refractivity contribution in [2.75, 3.05) is 11.1 Å². The third-order valence-electron chi connectivity index (χ3n) is 3.01. The number of hydrogen-bond acceptors (Lipinski definition) is 6. The lowest BCUT2D eigenvalue weighted by molar-refractivity contribution is -0.113. The first-order chi connectivity index (χ1) is 11.1. The quantitative estimate of drug-likeness (QED) is 0.713. The Morgan fingerprint density at radius 2 is 2.30 bits per heavy atom. The molecule has 0 spiro atoms. The molecule has 1 N–H and O–H groups in total. The first-order valence-corrected chi connectivity index (χ1v) is 7.99. The summed E-state index contributed by atoms with van der Waals surface area (Å²) in [6.07, 6.45) is 3.06. The summed E-state index contributed by atoms with van der Waals surface area (Å²) < 4.78 is 6.68. The van der Waals surface area contributed by atoms with E-state index >= 15 is 0 Å². The maximum atomic E-state index is 12.1. The molecule has 0 aliphatic carbocycles. The maximum Gasteiger partial charge on any atom is 0.234 e. The second-order valence-corrected chi connectivity index (χ2v) is 6.02. The smallest absolute Gasteiger partial charge is 0.234 e. The molecule has 118 valence electrons. The Kier molecular flexibility index (Phi) is 4.63. The summed E-state index contributed by atoms with van der Waals surface area (Å²) in [6.45, 7) is 1.85. The van der Waals surface area contributed by atoms with E-state index in [-0.39, 0.29) is 11.7 Å². The molecule has 2 aromatic heterocycles. The van der Waals surface area contributed by atoms with Gasteiger partial charge in [-0.2, -0.15) is 0 Å². The zero-order valence-corrected chi connectivity index (χ0v) is 13.6. The maximum absolute atomic E-state index is 12.1. The van der Waals surface area contributed by atoms with E-state index in [1.54, 1.807) is 24.5 Å². The zero-order chi connectivity index (χ0) is 16.2. The molecule has 7 nitrogen and oxygen atoms in total. The SMILES string of the molecule is Cc1occc1SCC(=O)Nc1cc(-n2cnnn2)ccc1Cl. The second-order valence-electron chi connectivity index (χ2n) is 4.60. The van der Waals surface area contributed by atoms with Gasteiger partial charge in [-0.05, 0) is 41.6 Å². The average Bonchev–Trinajstić information content (AvgIpc) is 3.19. The van der Waals surface area contributed by atoms with Crippen molar-refractivity contribution in [2.24, 2.45) is 0 Å². The minimum absolute atomic E-state index is 0.161. The van der Waals surface area contributed by atoms with Crippen molar-refractivity contribution < 1.29 is 9.21 Å². The minimum atomic E-state index is -0.161. The summed E-state index contributed by atoms with van der Waals surface area (Å²) in [6, 6.07) is 6.99. The predicted octanol–water partition coefficient (Wildman–Crippen LogP) is 2.95. The van der Waals surface area contributed by atoms with Crippen LogP contribution in [-0.4, -0.2) is 31.9 Å². The number of thioether (sulfide) groups is 1. The molecule has 0 atom stereocenters. The van der Waals surface area contributed by atoms with Crippen LogP contribution in [0.4, 0.5) is 5.69 Å². The molecule has 0 fully saturated rings. The number of hydrogen-bond donors (Lipinski definition) is 1. The third kappa shape index (κ3) is 3.72. The van der Waals surface area contributed by atoms with E-state index in [9.17, 15) is 4.79 Å². The van der Waals surface area contributed by atoms with E-state index in [4.69, 9.17) is 16.0 Å². The van der Waals surface area contributed by atoms with Gasteiger partial charge < -0.3 is 9.73 Å². The molecular formula is C14H12ClN5O2S. The number of carbonyl (C=O) groups is 1. The summed E-state index contributed by atoms with van der Waals surface area (Å²) in [5.41, 5.74) is 1.21. The number of anilines is 1. The number of nitrogens with one attached hydrogen (secondary N) is 1. The van der Waals surface area contributed by atoms with Crippen molar-refractivity contribution in [1.29, 1.82) is 0 Å². The molecule has 3 aromatic rings. The van der Waals surface area contributed by atoms with E-state index < -0.39 is 0 Å². The number of nitrogens with zero attached hydrogens (tertiary/aromatic N) is 4. The molecule has 0 unspecified atom stereocenters. The number of furan rings is 1. The highest BCUT2D eigenvalue weighted by Gasteiger charge is 2.10. The van der Waals surface area contributed by atoms with Crippen LogP contribution in [0.2, 0.25) is 5.02 Å². The first-order valence-electron chi connectivity index (χ1n) is 6.63. The molecule has 0 aliphatic heterocycles. The molecule has 23 heavy (non-hydrogen) atoms. The Balaban J connectivity index is 1.68. The highest BCUT2D eigenvalue weighted by Crippen LogP contribution is 2.26. The number of halogens is 1. The monoisotopic (exact) mass is 349 g/mol. The van der Waals surface area contributed by atoms with Gasteiger partial charge in [-0.1, -0.05) is 11.6 Å². The van der Waals surface area contributed by atoms with Gasteiger partial charge in [0.25, 0.3) is 0 Å². The van der Waals surface area contributed by atoms with Crippen molar-refractivity contribution >= 4 is 35.0 Å². The minimum Gasteiger partial charge on any atom is -0.468 e. The van der Waals surface area contributed by atoms with Gasteiger partial charge in [0.05, 0.1) is 28.4 Å². The molecule has 3 rings (SSSR count). The van der Waals surface area contributed by atoms with Crippen molar-refractivity contribution in [3.8, 4) is 5.69 Å². The molecule has 0 saturated heterocycles. The standard InChI is InChI=1S/C14H12ClN5O2S/c1-9-13(4-5-22-9)23-7-14(21)17-12-6-10(2-3-11(12)15)20-8-16-18-19-20/h2-6,8H,7H2,1H3,(H,17,21). The average molecular weight is 350 g/mol. The lowest BCUT2D eigenvalue weighted by Gasteiger charge is -2.09. The lowest BCUT2D eigenvalue weighted by Crippen LogP contribution is -2.14. The Morgan fingerprint density at radius 3 is 3.00 bits per heavy atom. The van der Waals surface area contributed by atoms with Gasteiger partial charge in [0, 0.05) is 4.90 Å². The van der Waals surface area contributed by atoms with Gasteiger partial charge in [0.1, 0.15) is 12.1 Å². The zero-order valence-electron chi connectivity index (χ0n) is 12.1. The molecule has 0 radical (unpaired) electrons. The van der Waals surface area contributed by atoms with Crippen molar-refractivity contribution in [3.05, 3.63) is 47.6 Å². The number of amides is 1. The molecule has 9 heteroatoms. The van der Waals surface area contributed by atoms with Gasteiger partial charge in [0.15, 0.2) is 0 Å². The topological polar surface area (TPSA) is 85.8 Å². The Labute approximate surface area is 141 Å². The molecule has 0 saturated carbocycles. The van der Waals surface area contributed by atoms with Crippen LogP contribution in [-0.2, 0) is 4.79 Å². The summed E-state index contributed by atoms with van der Waals surface area (Å²) in [5.74, 6) is 0.888. The Bertz CT molecular complexity index is 818. The largest absolute Gasteiger partial charge is 0.468 e. The number of aryl methyl sites for hydroxylation is 1. The highest BCUT2D eigenvalue weighted by molar-refractivity contribution is 8.00. The van der Waals surface area contributed by atoms with Crippen LogP contribution in [0.15, 0.2) is 46.2 Å². The van der Waals surface area contributed by atoms with Crippen LogP contribution in [0.5, 0.6) is 0 Å². The second kappa shape index (κ2) is 6.84. The van der Waals surface area contributed by atoms with E-state index in [0.29, 0.717) is 16.4 Å². The highest BCUT2D eigenvalue weighted by atomic mass is 35.5. The summed E-state index contributed by atoms with van der Waals surface area (Å²) in [4.78, 5) is 13.0. The van der Waals surface area contributed by atoms with E-state index in [0.717, 1.165) is 10.7 Å². The van der Waals surface area contributed by atoms with Gasteiger partial charge in [-0.15, -0.1) is 16.9 Å². The molecule has 2 heterocycles. The third-order valence-corrected chi connectivity index (χ3v) is 4.48. The molecule has 1 aromatic carbocycles. The number of carbonyl (C=O) groups excluding carboxylic acids is 1. The van der Waals surface area contributed by atoms with Crippen molar-refractivity contribution in [3.63, 3.8) is 0 Å². The van der Waals surface area contributed by atoms with Crippen molar-refractivity contribution in [1.82, 2.24) is 20.2 Å². The number of rotatable bonds is 5. The van der Waals surface area contributed by atoms with Crippen LogP contribution in [0.1, 0.15) is 5.76 Å². The summed E-state index contributed by atoms with van der Waals surface area (Å²) in [5, 5.41) is 14.2. The normalized spacial score (nSPS) is 10.7. The molecular weight excluding hydrogens is 338 g/mol. The molecule has 0 aliphatic rings. The summed E-state index contributed by atoms with van der Waals surface area (Å²) in [7, 11) is 0. The van der Waals surface area contributed by atoms with Gasteiger partial charge in [-0.25, -0.2) is 4.68 Å². The van der Waals surface area contributed by atoms with Gasteiger partial charge in [-0.3, -0.25) is 4.79 Å². The fourth-order valence-electron chi connectivity index (χ4n) is 1.88. The number of benzene rings is 1. The predicted molar refractivity (Wildman–Crippen MR) is 87.0 cm³/mol. The fourth-order valence-corrected chi connectivity index (χ4v) is 2.81. The van der Waals surface area contributed by atoms with Gasteiger partial charge in [0.2, 0.25) is 5.91 Å². The van der Waals surface area contributed by atoms with Crippen LogP contribution in [0, 0.1) is 6.92 Å². The van der Waals surface area contributed by atoms with Crippen LogP contribution in [0.25, 0.3) is 5.69 Å². The van der Waals surface area contributed by atoms with E-state index in [2.05, 4.69) is 20.8 Å². The first kappa shape index (κ1) is 15.6. The molecule has 1 amide bonds. The van der Waals surface area contributed by atoms with Crippen LogP contribution >= 0.6 is 23.4 Å². The lowest BCUT2D eigenvalue weighted by atomic mass is 10.2. The number of tetrazole rings is 1. The van der Waals surface area contributed by atoms with Crippen molar-refractivity contribution in [2.45, 2.75) is 11.8 Å². The van der Waals surface area contributed by atoms with Crippen LogP contribution in [0.3, 0.4) is 0 Å². The Morgan fingerprint density at radius 1 is 1.43 bits per heavy atom. The van der Waals surface area contributed by atoms with E-state index in [1.807, 2.05) is 13.0 Å². The Hall–Kier alpha value is -2.32. The fraction of sp³-hybridized carbons (Fsp3) is 0.143. The molecule has 0 bridgehead atoms. The van der Waals surface area contributed by atoms with Crippen LogP contribution < -0.4 is 5.32 Å². The number of aromatic nitrogens is 4. The van der Waals surface area contributed by atoms with Gasteiger partial charge >= 0.3 is 0 Å². The van der Waals surface area contributed by atoms with E-state index in [1.165, 1.54) is 22.8 Å².